The average molecular weight is 268 g/mol. The van der Waals surface area contributed by atoms with Crippen LogP contribution in [0.25, 0.3) is 0 Å². The van der Waals surface area contributed by atoms with Gasteiger partial charge in [0.1, 0.15) is 0 Å². The third-order valence-electron chi connectivity index (χ3n) is 3.15. The van der Waals surface area contributed by atoms with Crippen molar-refractivity contribution in [2.45, 2.75) is 32.5 Å². The van der Waals surface area contributed by atoms with E-state index in [1.54, 1.807) is 0 Å². The summed E-state index contributed by atoms with van der Waals surface area (Å²) in [5, 5.41) is 0. The van der Waals surface area contributed by atoms with Crippen LogP contribution in [-0.2, 0) is 4.74 Å². The second-order valence-electron chi connectivity index (χ2n) is 4.45. The minimum atomic E-state index is -4.46. The van der Waals surface area contributed by atoms with E-state index in [1.165, 1.54) is 4.90 Å². The number of hydrogen-bond acceptors (Lipinski definition) is 3. The fourth-order valence-corrected chi connectivity index (χ4v) is 1.84. The number of halogens is 3. The van der Waals surface area contributed by atoms with Crippen LogP contribution >= 0.6 is 0 Å². The third kappa shape index (κ3) is 4.72. The summed E-state index contributed by atoms with van der Waals surface area (Å²) in [6.07, 6.45) is -4.33. The van der Waals surface area contributed by atoms with Crippen LogP contribution in [0.4, 0.5) is 18.0 Å². The molecule has 106 valence electrons. The van der Waals surface area contributed by atoms with Gasteiger partial charge in [0.05, 0.1) is 0 Å². The standard InChI is InChI=1S/C11H19F3N2O2/c1-3-9(2)15-4-6-16(7-5-15)10(17)18-8-11(12,13)14/h9H,3-8H2,1-2H3. The van der Waals surface area contributed by atoms with E-state index in [0.717, 1.165) is 6.42 Å². The number of ether oxygens (including phenoxy) is 1. The Labute approximate surface area is 105 Å². The number of hydrogen-bond donors (Lipinski definition) is 0. The van der Waals surface area contributed by atoms with E-state index in [1.807, 2.05) is 0 Å². The fraction of sp³-hybridized carbons (Fsp3) is 0.909. The quantitative estimate of drug-likeness (QED) is 0.786. The van der Waals surface area contributed by atoms with E-state index < -0.39 is 18.9 Å². The first-order chi connectivity index (χ1) is 8.33. The highest BCUT2D eigenvalue weighted by Crippen LogP contribution is 2.16. The number of alkyl halides is 3. The van der Waals surface area contributed by atoms with E-state index in [0.29, 0.717) is 32.2 Å². The van der Waals surface area contributed by atoms with Gasteiger partial charge in [-0.1, -0.05) is 6.92 Å². The molecule has 1 amide bonds. The summed E-state index contributed by atoms with van der Waals surface area (Å²) in [6.45, 7) is 4.85. The van der Waals surface area contributed by atoms with Crippen molar-refractivity contribution in [2.75, 3.05) is 32.8 Å². The molecule has 0 N–H and O–H groups in total. The Bertz CT molecular complexity index is 276. The molecule has 0 aromatic rings. The number of rotatable bonds is 3. The van der Waals surface area contributed by atoms with Crippen LogP contribution in [0.2, 0.25) is 0 Å². The average Bonchev–Trinajstić information content (AvgIpc) is 2.34. The van der Waals surface area contributed by atoms with Crippen LogP contribution in [0, 0.1) is 0 Å². The predicted octanol–water partition coefficient (Wildman–Crippen LogP) is 2.10. The number of carbonyl (C=O) groups is 1. The van der Waals surface area contributed by atoms with Gasteiger partial charge in [0.25, 0.3) is 0 Å². The van der Waals surface area contributed by atoms with Gasteiger partial charge in [0.2, 0.25) is 0 Å². The first-order valence-corrected chi connectivity index (χ1v) is 6.06. The van der Waals surface area contributed by atoms with Crippen molar-refractivity contribution in [3.8, 4) is 0 Å². The maximum absolute atomic E-state index is 11.9. The molecule has 0 spiro atoms. The minimum absolute atomic E-state index is 0.418. The summed E-state index contributed by atoms with van der Waals surface area (Å²) in [5.74, 6) is 0. The van der Waals surface area contributed by atoms with Gasteiger partial charge in [-0.05, 0) is 13.3 Å². The van der Waals surface area contributed by atoms with E-state index in [2.05, 4.69) is 23.5 Å². The molecular weight excluding hydrogens is 249 g/mol. The smallest absolute Gasteiger partial charge is 0.422 e. The molecule has 1 saturated heterocycles. The molecule has 1 fully saturated rings. The van der Waals surface area contributed by atoms with Crippen molar-refractivity contribution < 1.29 is 22.7 Å². The Balaban J connectivity index is 2.32. The Kier molecular flexibility index (Phi) is 5.25. The Morgan fingerprint density at radius 3 is 2.28 bits per heavy atom. The molecule has 1 aliphatic heterocycles. The molecule has 1 heterocycles. The molecule has 4 nitrogen and oxygen atoms in total. The molecular formula is C11H19F3N2O2. The SMILES string of the molecule is CCC(C)N1CCN(C(=O)OCC(F)(F)F)CC1. The maximum atomic E-state index is 11.9. The van der Waals surface area contributed by atoms with Crippen molar-refractivity contribution in [3.63, 3.8) is 0 Å². The summed E-state index contributed by atoms with van der Waals surface area (Å²) in [4.78, 5) is 14.9. The lowest BCUT2D eigenvalue weighted by Crippen LogP contribution is -2.51. The van der Waals surface area contributed by atoms with Crippen molar-refractivity contribution >= 4 is 6.09 Å². The molecule has 7 heteroatoms. The zero-order valence-electron chi connectivity index (χ0n) is 10.7. The van der Waals surface area contributed by atoms with Crippen LogP contribution in [0.5, 0.6) is 0 Å². The molecule has 1 rings (SSSR count). The Morgan fingerprint density at radius 1 is 1.28 bits per heavy atom. The largest absolute Gasteiger partial charge is 0.440 e. The molecule has 1 aliphatic rings. The summed E-state index contributed by atoms with van der Waals surface area (Å²) in [7, 11) is 0. The number of nitrogens with zero attached hydrogens (tertiary/aromatic N) is 2. The van der Waals surface area contributed by atoms with Crippen LogP contribution in [0.3, 0.4) is 0 Å². The Hall–Kier alpha value is -0.980. The highest BCUT2D eigenvalue weighted by atomic mass is 19.4. The van der Waals surface area contributed by atoms with Crippen LogP contribution in [0.15, 0.2) is 0 Å². The first-order valence-electron chi connectivity index (χ1n) is 6.06. The van der Waals surface area contributed by atoms with Gasteiger partial charge in [-0.25, -0.2) is 4.79 Å². The zero-order chi connectivity index (χ0) is 13.8. The van der Waals surface area contributed by atoms with Crippen molar-refractivity contribution in [1.82, 2.24) is 9.80 Å². The summed E-state index contributed by atoms with van der Waals surface area (Å²) < 4.78 is 39.9. The van der Waals surface area contributed by atoms with Crippen LogP contribution < -0.4 is 0 Å². The third-order valence-corrected chi connectivity index (χ3v) is 3.15. The normalized spacial score (nSPS) is 19.7. The summed E-state index contributed by atoms with van der Waals surface area (Å²) in [6, 6.07) is 0.429. The van der Waals surface area contributed by atoms with Gasteiger partial charge in [0.15, 0.2) is 6.61 Å². The number of piperazine rings is 1. The van der Waals surface area contributed by atoms with Gasteiger partial charge in [-0.3, -0.25) is 4.90 Å². The summed E-state index contributed by atoms with van der Waals surface area (Å²) in [5.41, 5.74) is 0. The molecule has 0 saturated carbocycles. The zero-order valence-corrected chi connectivity index (χ0v) is 10.7. The topological polar surface area (TPSA) is 32.8 Å². The second-order valence-corrected chi connectivity index (χ2v) is 4.45. The van der Waals surface area contributed by atoms with E-state index >= 15 is 0 Å². The van der Waals surface area contributed by atoms with E-state index in [-0.39, 0.29) is 0 Å². The molecule has 0 radical (unpaired) electrons. The van der Waals surface area contributed by atoms with Gasteiger partial charge in [-0.15, -0.1) is 0 Å². The van der Waals surface area contributed by atoms with Crippen molar-refractivity contribution in [2.24, 2.45) is 0 Å². The van der Waals surface area contributed by atoms with Crippen molar-refractivity contribution in [1.29, 1.82) is 0 Å². The van der Waals surface area contributed by atoms with E-state index in [4.69, 9.17) is 0 Å². The lowest BCUT2D eigenvalue weighted by molar-refractivity contribution is -0.162. The maximum Gasteiger partial charge on any atom is 0.422 e. The molecule has 1 atom stereocenters. The van der Waals surface area contributed by atoms with Crippen LogP contribution in [-0.4, -0.2) is 60.9 Å². The highest BCUT2D eigenvalue weighted by molar-refractivity contribution is 5.67. The molecule has 1 unspecified atom stereocenters. The highest BCUT2D eigenvalue weighted by Gasteiger charge is 2.31. The van der Waals surface area contributed by atoms with Gasteiger partial charge in [0, 0.05) is 32.2 Å². The molecule has 0 aromatic carbocycles. The molecule has 0 bridgehead atoms. The predicted molar refractivity (Wildman–Crippen MR) is 60.3 cm³/mol. The number of carbonyl (C=O) groups excluding carboxylic acids is 1. The lowest BCUT2D eigenvalue weighted by atomic mass is 10.2. The van der Waals surface area contributed by atoms with Gasteiger partial charge in [-0.2, -0.15) is 13.2 Å². The first kappa shape index (κ1) is 15.1. The van der Waals surface area contributed by atoms with Crippen molar-refractivity contribution in [3.05, 3.63) is 0 Å². The van der Waals surface area contributed by atoms with Gasteiger partial charge < -0.3 is 9.64 Å². The van der Waals surface area contributed by atoms with E-state index in [9.17, 15) is 18.0 Å². The fourth-order valence-electron chi connectivity index (χ4n) is 1.84. The molecule has 18 heavy (non-hydrogen) atoms. The molecule has 0 aliphatic carbocycles. The number of amides is 1. The second kappa shape index (κ2) is 6.26. The van der Waals surface area contributed by atoms with Crippen LogP contribution in [0.1, 0.15) is 20.3 Å². The monoisotopic (exact) mass is 268 g/mol. The Morgan fingerprint density at radius 2 is 1.83 bits per heavy atom. The summed E-state index contributed by atoms with van der Waals surface area (Å²) >= 11 is 0. The molecule has 0 aromatic heterocycles. The minimum Gasteiger partial charge on any atom is -0.440 e. The lowest BCUT2D eigenvalue weighted by Gasteiger charge is -2.37. The van der Waals surface area contributed by atoms with Gasteiger partial charge >= 0.3 is 12.3 Å².